The number of anilines is 1. The van der Waals surface area contributed by atoms with Crippen LogP contribution in [0.3, 0.4) is 0 Å². The second-order valence-electron chi connectivity index (χ2n) is 8.92. The van der Waals surface area contributed by atoms with Crippen LogP contribution in [0.5, 0.6) is 0 Å². The van der Waals surface area contributed by atoms with E-state index in [2.05, 4.69) is 43.2 Å². The van der Waals surface area contributed by atoms with Crippen molar-refractivity contribution in [2.75, 3.05) is 11.1 Å². The van der Waals surface area contributed by atoms with E-state index in [1.54, 1.807) is 42.5 Å². The highest BCUT2D eigenvalue weighted by Crippen LogP contribution is 2.33. The Hall–Kier alpha value is -2.84. The summed E-state index contributed by atoms with van der Waals surface area (Å²) in [7, 11) is -3.27. The number of aryl methyl sites for hydroxylation is 2. The van der Waals surface area contributed by atoms with E-state index in [0.29, 0.717) is 29.1 Å². The van der Waals surface area contributed by atoms with Gasteiger partial charge in [0.15, 0.2) is 16.1 Å². The topological polar surface area (TPSA) is 93.2 Å². The molecule has 0 radical (unpaired) electrons. The summed E-state index contributed by atoms with van der Waals surface area (Å²) in [5.41, 5.74) is 1.81. The van der Waals surface area contributed by atoms with Crippen LogP contribution in [0, 0.1) is 6.92 Å². The Morgan fingerprint density at radius 2 is 1.79 bits per heavy atom. The number of pyridine rings is 1. The molecule has 0 aliphatic rings. The van der Waals surface area contributed by atoms with Crippen LogP contribution in [-0.2, 0) is 32.9 Å². The van der Waals surface area contributed by atoms with E-state index >= 15 is 0 Å². The second kappa shape index (κ2) is 10.6. The van der Waals surface area contributed by atoms with E-state index in [1.165, 1.54) is 21.9 Å². The van der Waals surface area contributed by atoms with Gasteiger partial charge in [0.05, 0.1) is 22.8 Å². The van der Waals surface area contributed by atoms with Gasteiger partial charge in [0.25, 0.3) is 0 Å². The predicted molar refractivity (Wildman–Crippen MR) is 137 cm³/mol. The van der Waals surface area contributed by atoms with Gasteiger partial charge >= 0.3 is 0 Å². The SMILES string of the molecule is CCS(=O)(=O)c1ccc(CC(=O)Nc2ccc(C=O)c(CCC(C)(C)c3ccc(C)s3)n2)cc1. The first kappa shape index (κ1) is 25.8. The zero-order valence-corrected chi connectivity index (χ0v) is 21.6. The quantitative estimate of drug-likeness (QED) is 0.390. The maximum Gasteiger partial charge on any atom is 0.229 e. The van der Waals surface area contributed by atoms with Gasteiger partial charge in [-0.1, -0.05) is 32.9 Å². The molecule has 2 aromatic heterocycles. The van der Waals surface area contributed by atoms with Crippen LogP contribution in [0.4, 0.5) is 5.82 Å². The van der Waals surface area contributed by atoms with Gasteiger partial charge in [0.1, 0.15) is 5.82 Å². The van der Waals surface area contributed by atoms with Gasteiger partial charge in [-0.3, -0.25) is 9.59 Å². The highest BCUT2D eigenvalue weighted by Gasteiger charge is 2.23. The third-order valence-electron chi connectivity index (χ3n) is 5.83. The summed E-state index contributed by atoms with van der Waals surface area (Å²) in [6.45, 7) is 8.05. The van der Waals surface area contributed by atoms with Crippen LogP contribution in [0.1, 0.15) is 58.6 Å². The first-order valence-electron chi connectivity index (χ1n) is 11.2. The van der Waals surface area contributed by atoms with Crippen LogP contribution in [0.2, 0.25) is 0 Å². The molecule has 6 nitrogen and oxygen atoms in total. The van der Waals surface area contributed by atoms with Gasteiger partial charge < -0.3 is 5.32 Å². The molecule has 0 saturated heterocycles. The van der Waals surface area contributed by atoms with E-state index in [4.69, 9.17) is 0 Å². The number of aromatic nitrogens is 1. The van der Waals surface area contributed by atoms with Crippen LogP contribution >= 0.6 is 11.3 Å². The van der Waals surface area contributed by atoms with E-state index < -0.39 is 9.84 Å². The highest BCUT2D eigenvalue weighted by atomic mass is 32.2. The van der Waals surface area contributed by atoms with Crippen molar-refractivity contribution >= 4 is 39.2 Å². The van der Waals surface area contributed by atoms with Crippen LogP contribution in [0.25, 0.3) is 0 Å². The minimum absolute atomic E-state index is 0.0295. The Morgan fingerprint density at radius 1 is 1.09 bits per heavy atom. The zero-order chi connectivity index (χ0) is 24.9. The van der Waals surface area contributed by atoms with Gasteiger partial charge in [0, 0.05) is 15.3 Å². The third kappa shape index (κ3) is 6.39. The van der Waals surface area contributed by atoms with Crippen molar-refractivity contribution in [3.05, 3.63) is 75.1 Å². The highest BCUT2D eigenvalue weighted by molar-refractivity contribution is 7.91. The zero-order valence-electron chi connectivity index (χ0n) is 19.9. The largest absolute Gasteiger partial charge is 0.310 e. The monoisotopic (exact) mass is 498 g/mol. The molecule has 0 bridgehead atoms. The molecule has 0 aliphatic heterocycles. The molecule has 0 saturated carbocycles. The van der Waals surface area contributed by atoms with Gasteiger partial charge in [-0.15, -0.1) is 11.3 Å². The van der Waals surface area contributed by atoms with Gasteiger partial charge in [-0.25, -0.2) is 13.4 Å². The fraction of sp³-hybridized carbons (Fsp3) is 0.346. The fourth-order valence-electron chi connectivity index (χ4n) is 3.60. The van der Waals surface area contributed by atoms with Crippen molar-refractivity contribution in [3.63, 3.8) is 0 Å². The Bertz CT molecular complexity index is 1280. The predicted octanol–water partition coefficient (Wildman–Crippen LogP) is 5.15. The summed E-state index contributed by atoms with van der Waals surface area (Å²) >= 11 is 1.78. The lowest BCUT2D eigenvalue weighted by Crippen LogP contribution is -2.19. The van der Waals surface area contributed by atoms with Crippen molar-refractivity contribution in [3.8, 4) is 0 Å². The molecule has 1 amide bonds. The Morgan fingerprint density at radius 3 is 2.38 bits per heavy atom. The minimum atomic E-state index is -3.27. The van der Waals surface area contributed by atoms with Crippen molar-refractivity contribution in [2.45, 2.75) is 57.3 Å². The van der Waals surface area contributed by atoms with Gasteiger partial charge in [-0.2, -0.15) is 0 Å². The van der Waals surface area contributed by atoms with Crippen LogP contribution in [0.15, 0.2) is 53.4 Å². The fourth-order valence-corrected chi connectivity index (χ4v) is 5.48. The average molecular weight is 499 g/mol. The number of nitrogens with zero attached hydrogens (tertiary/aromatic N) is 1. The molecule has 0 aliphatic carbocycles. The summed E-state index contributed by atoms with van der Waals surface area (Å²) in [6.07, 6.45) is 2.30. The van der Waals surface area contributed by atoms with Crippen molar-refractivity contribution < 1.29 is 18.0 Å². The standard InChI is InChI=1S/C26H30N2O4S2/c1-5-34(31,32)21-10-7-19(8-11-21)16-25(30)28-24-13-9-20(17-29)22(27-24)14-15-26(3,4)23-12-6-18(2)33-23/h6-13,17H,5,14-16H2,1-4H3,(H,27,28,30). The smallest absolute Gasteiger partial charge is 0.229 e. The molecule has 2 heterocycles. The number of nitrogens with one attached hydrogen (secondary N) is 1. The molecule has 8 heteroatoms. The molecule has 0 fully saturated rings. The number of carbonyl (C=O) groups is 2. The second-order valence-corrected chi connectivity index (χ2v) is 12.5. The maximum absolute atomic E-state index is 12.6. The van der Waals surface area contributed by atoms with Crippen molar-refractivity contribution in [1.29, 1.82) is 0 Å². The minimum Gasteiger partial charge on any atom is -0.310 e. The summed E-state index contributed by atoms with van der Waals surface area (Å²) in [4.78, 5) is 31.5. The summed E-state index contributed by atoms with van der Waals surface area (Å²) in [6, 6.07) is 13.9. The molecule has 180 valence electrons. The Balaban J connectivity index is 1.68. The number of sulfone groups is 1. The van der Waals surface area contributed by atoms with E-state index in [1.807, 2.05) is 0 Å². The lowest BCUT2D eigenvalue weighted by molar-refractivity contribution is -0.115. The normalized spacial score (nSPS) is 11.9. The number of rotatable bonds is 10. The van der Waals surface area contributed by atoms with Crippen molar-refractivity contribution in [1.82, 2.24) is 4.98 Å². The number of benzene rings is 1. The number of hydrogen-bond donors (Lipinski definition) is 1. The Kier molecular flexibility index (Phi) is 8.05. The third-order valence-corrected chi connectivity index (χ3v) is 8.94. The molecule has 3 rings (SSSR count). The van der Waals surface area contributed by atoms with Crippen molar-refractivity contribution in [2.24, 2.45) is 0 Å². The molecule has 1 N–H and O–H groups in total. The van der Waals surface area contributed by atoms with Crippen LogP contribution < -0.4 is 5.32 Å². The van der Waals surface area contributed by atoms with Gasteiger partial charge in [0.2, 0.25) is 5.91 Å². The molecule has 1 aromatic carbocycles. The number of amides is 1. The number of carbonyl (C=O) groups excluding carboxylic acids is 2. The Labute approximate surface area is 205 Å². The number of thiophene rings is 1. The van der Waals surface area contributed by atoms with E-state index in [0.717, 1.165) is 12.7 Å². The van der Waals surface area contributed by atoms with Crippen LogP contribution in [-0.4, -0.2) is 31.3 Å². The van der Waals surface area contributed by atoms with E-state index in [9.17, 15) is 18.0 Å². The summed E-state index contributed by atoms with van der Waals surface area (Å²) in [5.74, 6) is 0.153. The van der Waals surface area contributed by atoms with E-state index in [-0.39, 0.29) is 28.4 Å². The molecular weight excluding hydrogens is 468 g/mol. The maximum atomic E-state index is 12.6. The average Bonchev–Trinajstić information content (AvgIpc) is 3.25. The molecule has 34 heavy (non-hydrogen) atoms. The van der Waals surface area contributed by atoms with Gasteiger partial charge in [-0.05, 0) is 67.1 Å². The molecule has 3 aromatic rings. The first-order chi connectivity index (χ1) is 16.0. The molecule has 0 spiro atoms. The number of hydrogen-bond acceptors (Lipinski definition) is 6. The summed E-state index contributed by atoms with van der Waals surface area (Å²) in [5, 5.41) is 2.79. The molecule has 0 atom stereocenters. The lowest BCUT2D eigenvalue weighted by atomic mass is 9.85. The number of aldehydes is 1. The summed E-state index contributed by atoms with van der Waals surface area (Å²) < 4.78 is 23.9. The lowest BCUT2D eigenvalue weighted by Gasteiger charge is -2.23. The molecular formula is C26H30N2O4S2. The molecule has 0 unspecified atom stereocenters. The first-order valence-corrected chi connectivity index (χ1v) is 13.6.